The van der Waals surface area contributed by atoms with E-state index in [1.54, 1.807) is 26.0 Å². The normalized spacial score (nSPS) is 13.5. The van der Waals surface area contributed by atoms with Gasteiger partial charge in [0.2, 0.25) is 15.9 Å². The van der Waals surface area contributed by atoms with Crippen molar-refractivity contribution in [1.29, 1.82) is 0 Å². The summed E-state index contributed by atoms with van der Waals surface area (Å²) in [5, 5.41) is 11.7. The fourth-order valence-corrected chi connectivity index (χ4v) is 3.81. The van der Waals surface area contributed by atoms with Gasteiger partial charge in [-0.3, -0.25) is 9.79 Å². The zero-order valence-corrected chi connectivity index (χ0v) is 17.6. The first kappa shape index (κ1) is 24.4. The molecule has 1 rings (SSSR count). The van der Waals surface area contributed by atoms with E-state index in [4.69, 9.17) is 11.5 Å². The van der Waals surface area contributed by atoms with Crippen molar-refractivity contribution in [1.82, 2.24) is 10.0 Å². The van der Waals surface area contributed by atoms with E-state index in [0.29, 0.717) is 6.42 Å². The maximum atomic E-state index is 12.6. The SMILES string of the molecule is Cc1ccc(S(=O)(=O)NC(C(=O)NC(CCCN=C(N)N)C(=O)O)C(C)C)cc1. The van der Waals surface area contributed by atoms with E-state index >= 15 is 0 Å². The first-order chi connectivity index (χ1) is 13.4. The molecule has 0 spiro atoms. The lowest BCUT2D eigenvalue weighted by Gasteiger charge is -2.24. The summed E-state index contributed by atoms with van der Waals surface area (Å²) < 4.78 is 27.6. The average Bonchev–Trinajstić information content (AvgIpc) is 2.61. The second-order valence-corrected chi connectivity index (χ2v) is 8.72. The third kappa shape index (κ3) is 8.08. The highest BCUT2D eigenvalue weighted by molar-refractivity contribution is 7.89. The maximum absolute atomic E-state index is 12.6. The minimum atomic E-state index is -3.96. The van der Waals surface area contributed by atoms with Gasteiger partial charge in [0.25, 0.3) is 0 Å². The van der Waals surface area contributed by atoms with Gasteiger partial charge in [0.05, 0.1) is 4.90 Å². The number of carboxylic acids is 1. The molecule has 0 aromatic heterocycles. The Morgan fingerprint density at radius 3 is 2.24 bits per heavy atom. The monoisotopic (exact) mass is 427 g/mol. The molecule has 7 N–H and O–H groups in total. The number of nitrogens with two attached hydrogens (primary N) is 2. The molecular formula is C18H29N5O5S. The van der Waals surface area contributed by atoms with E-state index in [1.807, 2.05) is 6.92 Å². The number of nitrogens with one attached hydrogen (secondary N) is 2. The quantitative estimate of drug-likeness (QED) is 0.186. The van der Waals surface area contributed by atoms with Gasteiger partial charge in [-0.05, 0) is 37.8 Å². The van der Waals surface area contributed by atoms with Crippen molar-refractivity contribution in [2.45, 2.75) is 50.6 Å². The molecule has 0 bridgehead atoms. The molecule has 29 heavy (non-hydrogen) atoms. The summed E-state index contributed by atoms with van der Waals surface area (Å²) >= 11 is 0. The Morgan fingerprint density at radius 2 is 1.76 bits per heavy atom. The van der Waals surface area contributed by atoms with Gasteiger partial charge < -0.3 is 21.9 Å². The summed E-state index contributed by atoms with van der Waals surface area (Å²) in [4.78, 5) is 27.9. The number of rotatable bonds is 11. The Bertz CT molecular complexity index is 833. The van der Waals surface area contributed by atoms with Crippen molar-refractivity contribution in [2.24, 2.45) is 22.4 Å². The van der Waals surface area contributed by atoms with Crippen LogP contribution in [0.2, 0.25) is 0 Å². The summed E-state index contributed by atoms with van der Waals surface area (Å²) in [5.74, 6) is -2.46. The maximum Gasteiger partial charge on any atom is 0.326 e. The highest BCUT2D eigenvalue weighted by Crippen LogP contribution is 2.13. The lowest BCUT2D eigenvalue weighted by molar-refractivity contribution is -0.142. The second-order valence-electron chi connectivity index (χ2n) is 7.00. The van der Waals surface area contributed by atoms with Gasteiger partial charge in [-0.25, -0.2) is 13.2 Å². The number of benzene rings is 1. The van der Waals surface area contributed by atoms with Crippen molar-refractivity contribution in [2.75, 3.05) is 6.54 Å². The minimum Gasteiger partial charge on any atom is -0.480 e. The van der Waals surface area contributed by atoms with E-state index in [1.165, 1.54) is 12.1 Å². The molecule has 0 aliphatic carbocycles. The fourth-order valence-electron chi connectivity index (χ4n) is 2.47. The molecule has 0 fully saturated rings. The molecule has 0 aliphatic heterocycles. The fraction of sp³-hybridized carbons (Fsp3) is 0.500. The van der Waals surface area contributed by atoms with Gasteiger partial charge in [-0.1, -0.05) is 31.5 Å². The van der Waals surface area contributed by atoms with Crippen LogP contribution in [0.25, 0.3) is 0 Å². The number of carbonyl (C=O) groups is 2. The van der Waals surface area contributed by atoms with E-state index < -0.39 is 39.9 Å². The van der Waals surface area contributed by atoms with Crippen molar-refractivity contribution < 1.29 is 23.1 Å². The van der Waals surface area contributed by atoms with Gasteiger partial charge in [0.15, 0.2) is 5.96 Å². The number of guanidine groups is 1. The van der Waals surface area contributed by atoms with Crippen LogP contribution < -0.4 is 21.5 Å². The standard InChI is InChI=1S/C18H29N5O5S/c1-11(2)15(23-29(27,28)13-8-6-12(3)7-9-13)16(24)22-14(17(25)26)5-4-10-21-18(19)20/h6-9,11,14-15,23H,4-5,10H2,1-3H3,(H,22,24)(H,25,26)(H4,19,20,21). The smallest absolute Gasteiger partial charge is 0.326 e. The molecule has 0 saturated carbocycles. The third-order valence-corrected chi connectivity index (χ3v) is 5.58. The molecule has 0 aliphatic rings. The number of aliphatic imine (C=N–C) groups is 1. The van der Waals surface area contributed by atoms with Crippen molar-refractivity contribution in [3.05, 3.63) is 29.8 Å². The molecule has 0 saturated heterocycles. The number of carbonyl (C=O) groups excluding carboxylic acids is 1. The number of hydrogen-bond acceptors (Lipinski definition) is 5. The van der Waals surface area contributed by atoms with E-state index in [0.717, 1.165) is 5.56 Å². The Morgan fingerprint density at radius 1 is 1.17 bits per heavy atom. The lowest BCUT2D eigenvalue weighted by atomic mass is 10.0. The van der Waals surface area contributed by atoms with E-state index in [9.17, 15) is 23.1 Å². The molecule has 1 aromatic carbocycles. The van der Waals surface area contributed by atoms with Crippen LogP contribution in [0, 0.1) is 12.8 Å². The van der Waals surface area contributed by atoms with Gasteiger partial charge in [0.1, 0.15) is 12.1 Å². The highest BCUT2D eigenvalue weighted by Gasteiger charge is 2.31. The molecule has 2 unspecified atom stereocenters. The van der Waals surface area contributed by atoms with Gasteiger partial charge in [-0.15, -0.1) is 0 Å². The van der Waals surface area contributed by atoms with Gasteiger partial charge in [0, 0.05) is 6.54 Å². The van der Waals surface area contributed by atoms with Gasteiger partial charge in [-0.2, -0.15) is 4.72 Å². The van der Waals surface area contributed by atoms with Crippen molar-refractivity contribution >= 4 is 27.9 Å². The van der Waals surface area contributed by atoms with Crippen LogP contribution in [-0.4, -0.2) is 50.0 Å². The Balaban J connectivity index is 2.88. The molecule has 2 atom stereocenters. The number of nitrogens with zero attached hydrogens (tertiary/aromatic N) is 1. The largest absolute Gasteiger partial charge is 0.480 e. The van der Waals surface area contributed by atoms with Crippen LogP contribution in [0.3, 0.4) is 0 Å². The molecular weight excluding hydrogens is 398 g/mol. The van der Waals surface area contributed by atoms with Crippen molar-refractivity contribution in [3.63, 3.8) is 0 Å². The predicted molar refractivity (Wildman–Crippen MR) is 110 cm³/mol. The number of sulfonamides is 1. The molecule has 1 amide bonds. The zero-order valence-electron chi connectivity index (χ0n) is 16.8. The number of amides is 1. The summed E-state index contributed by atoms with van der Waals surface area (Å²) in [7, 11) is -3.96. The van der Waals surface area contributed by atoms with Crippen LogP contribution in [0.5, 0.6) is 0 Å². The predicted octanol–water partition coefficient (Wildman–Crippen LogP) is -0.0791. The highest BCUT2D eigenvalue weighted by atomic mass is 32.2. The van der Waals surface area contributed by atoms with E-state index in [2.05, 4.69) is 15.0 Å². The van der Waals surface area contributed by atoms with Crippen LogP contribution in [0.15, 0.2) is 34.2 Å². The molecule has 0 heterocycles. The molecule has 11 heteroatoms. The van der Waals surface area contributed by atoms with Crippen LogP contribution in [-0.2, 0) is 19.6 Å². The Labute approximate surface area is 170 Å². The number of aryl methyl sites for hydroxylation is 1. The van der Waals surface area contributed by atoms with Crippen LogP contribution in [0.4, 0.5) is 0 Å². The summed E-state index contributed by atoms with van der Waals surface area (Å²) in [6.45, 7) is 5.37. The minimum absolute atomic E-state index is 0.0218. The van der Waals surface area contributed by atoms with Gasteiger partial charge >= 0.3 is 5.97 Å². The summed E-state index contributed by atoms with van der Waals surface area (Å²) in [6.07, 6.45) is 0.421. The number of aliphatic carboxylic acids is 1. The Hall–Kier alpha value is -2.66. The summed E-state index contributed by atoms with van der Waals surface area (Å²) in [6, 6.07) is 3.85. The third-order valence-electron chi connectivity index (χ3n) is 4.12. The summed E-state index contributed by atoms with van der Waals surface area (Å²) in [5.41, 5.74) is 11.3. The second kappa shape index (κ2) is 10.8. The van der Waals surface area contributed by atoms with E-state index in [-0.39, 0.29) is 23.8 Å². The average molecular weight is 428 g/mol. The Kier molecular flexibility index (Phi) is 9.05. The van der Waals surface area contributed by atoms with Crippen LogP contribution in [0.1, 0.15) is 32.3 Å². The molecule has 10 nitrogen and oxygen atoms in total. The molecule has 162 valence electrons. The van der Waals surface area contributed by atoms with Crippen LogP contribution >= 0.6 is 0 Å². The van der Waals surface area contributed by atoms with Crippen molar-refractivity contribution in [3.8, 4) is 0 Å². The molecule has 0 radical (unpaired) electrons. The first-order valence-electron chi connectivity index (χ1n) is 9.11. The zero-order chi connectivity index (χ0) is 22.2. The first-order valence-corrected chi connectivity index (χ1v) is 10.6. The lowest BCUT2D eigenvalue weighted by Crippen LogP contribution is -2.53. The number of carboxylic acid groups (broad SMARTS) is 1. The number of hydrogen-bond donors (Lipinski definition) is 5. The topological polar surface area (TPSA) is 177 Å². The molecule has 1 aromatic rings.